The summed E-state index contributed by atoms with van der Waals surface area (Å²) in [6, 6.07) is -0.426. The second-order valence-electron chi connectivity index (χ2n) is 6.81. The van der Waals surface area contributed by atoms with E-state index >= 15 is 0 Å². The molecule has 140 valence electrons. The Labute approximate surface area is 148 Å². The molecule has 0 spiro atoms. The Bertz CT molecular complexity index is 520. The molecule has 2 aliphatic heterocycles. The van der Waals surface area contributed by atoms with E-state index in [1.807, 2.05) is 12.2 Å². The van der Waals surface area contributed by atoms with E-state index in [2.05, 4.69) is 5.32 Å². The summed E-state index contributed by atoms with van der Waals surface area (Å²) in [5.41, 5.74) is 0. The summed E-state index contributed by atoms with van der Waals surface area (Å²) < 4.78 is 5.29. The van der Waals surface area contributed by atoms with Gasteiger partial charge in [-0.25, -0.2) is 0 Å². The first-order valence-corrected chi connectivity index (χ1v) is 9.02. The molecule has 0 aromatic heterocycles. The lowest BCUT2D eigenvalue weighted by atomic mass is 9.97. The predicted octanol–water partition coefficient (Wildman–Crippen LogP) is 0.764. The van der Waals surface area contributed by atoms with Crippen LogP contribution in [0.5, 0.6) is 0 Å². The van der Waals surface area contributed by atoms with Crippen LogP contribution in [0.4, 0.5) is 0 Å². The first-order chi connectivity index (χ1) is 12.0. The van der Waals surface area contributed by atoms with E-state index in [1.165, 1.54) is 0 Å². The zero-order chi connectivity index (χ0) is 18.2. The van der Waals surface area contributed by atoms with Gasteiger partial charge in [0.2, 0.25) is 11.8 Å². The molecule has 0 aliphatic carbocycles. The fourth-order valence-electron chi connectivity index (χ4n) is 3.25. The third-order valence-corrected chi connectivity index (χ3v) is 4.66. The highest BCUT2D eigenvalue weighted by molar-refractivity contribution is 5.86. The van der Waals surface area contributed by atoms with Crippen LogP contribution in [0.2, 0.25) is 0 Å². The maximum Gasteiger partial charge on any atom is 0.306 e. The molecule has 7 nitrogen and oxygen atoms in total. The molecule has 0 saturated carbocycles. The minimum atomic E-state index is -0.433. The summed E-state index contributed by atoms with van der Waals surface area (Å²) >= 11 is 0. The highest BCUT2D eigenvalue weighted by atomic mass is 16.5. The summed E-state index contributed by atoms with van der Waals surface area (Å²) in [7, 11) is 0. The molecule has 0 radical (unpaired) electrons. The normalized spacial score (nSPS) is 26.2. The number of nitrogens with one attached hydrogen (secondary N) is 1. The lowest BCUT2D eigenvalue weighted by Gasteiger charge is -2.28. The summed E-state index contributed by atoms with van der Waals surface area (Å²) in [6.07, 6.45) is 6.89. The van der Waals surface area contributed by atoms with Crippen LogP contribution in [-0.4, -0.2) is 59.6 Å². The predicted molar refractivity (Wildman–Crippen MR) is 91.5 cm³/mol. The molecule has 7 heteroatoms. The Morgan fingerprint density at radius 3 is 3.00 bits per heavy atom. The van der Waals surface area contributed by atoms with Crippen molar-refractivity contribution in [2.24, 2.45) is 5.92 Å². The first kappa shape index (κ1) is 19.4. The SMILES string of the molecule is C[C@@H](CO)NC(=O)C[C@H]1CC=CCCC(=O)OC[C@@H]2CCCN2C1=O. The molecule has 2 amide bonds. The van der Waals surface area contributed by atoms with Gasteiger partial charge in [0.15, 0.2) is 0 Å². The molecule has 1 fully saturated rings. The second-order valence-corrected chi connectivity index (χ2v) is 6.81. The smallest absolute Gasteiger partial charge is 0.306 e. The standard InChI is InChI=1S/C18H28N2O5/c1-13(11-21)19-16(22)10-14-6-3-2-4-8-17(23)25-12-15-7-5-9-20(15)18(14)24/h2-3,13-15,21H,4-12H2,1H3,(H,19,22)/t13-,14+,15-/m0/s1. The Morgan fingerprint density at radius 2 is 2.24 bits per heavy atom. The van der Waals surface area contributed by atoms with Crippen molar-refractivity contribution >= 4 is 17.8 Å². The summed E-state index contributed by atoms with van der Waals surface area (Å²) in [6.45, 7) is 2.44. The number of amides is 2. The van der Waals surface area contributed by atoms with Crippen LogP contribution in [0.25, 0.3) is 0 Å². The number of allylic oxidation sites excluding steroid dienone is 2. The van der Waals surface area contributed by atoms with Crippen LogP contribution in [-0.2, 0) is 19.1 Å². The number of cyclic esters (lactones) is 1. The Balaban J connectivity index is 2.08. The zero-order valence-electron chi connectivity index (χ0n) is 14.8. The van der Waals surface area contributed by atoms with E-state index in [0.29, 0.717) is 25.8 Å². The van der Waals surface area contributed by atoms with Gasteiger partial charge in [-0.15, -0.1) is 0 Å². The van der Waals surface area contributed by atoms with Crippen LogP contribution in [0.1, 0.15) is 45.4 Å². The van der Waals surface area contributed by atoms with Gasteiger partial charge in [-0.3, -0.25) is 14.4 Å². The molecular weight excluding hydrogens is 324 g/mol. The average molecular weight is 352 g/mol. The van der Waals surface area contributed by atoms with Gasteiger partial charge in [0.05, 0.1) is 18.6 Å². The summed E-state index contributed by atoms with van der Waals surface area (Å²) in [4.78, 5) is 38.5. The molecule has 0 unspecified atom stereocenters. The van der Waals surface area contributed by atoms with E-state index in [0.717, 1.165) is 12.8 Å². The van der Waals surface area contributed by atoms with Gasteiger partial charge in [-0.2, -0.15) is 0 Å². The molecule has 3 atom stereocenters. The van der Waals surface area contributed by atoms with Crippen molar-refractivity contribution in [3.63, 3.8) is 0 Å². The lowest BCUT2D eigenvalue weighted by Crippen LogP contribution is -2.44. The molecule has 1 saturated heterocycles. The Morgan fingerprint density at radius 1 is 1.44 bits per heavy atom. The number of hydrogen-bond donors (Lipinski definition) is 2. The summed E-state index contributed by atoms with van der Waals surface area (Å²) in [5.74, 6) is -0.963. The quantitative estimate of drug-likeness (QED) is 0.575. The zero-order valence-corrected chi connectivity index (χ0v) is 14.8. The van der Waals surface area contributed by atoms with E-state index in [1.54, 1.807) is 11.8 Å². The van der Waals surface area contributed by atoms with Crippen LogP contribution < -0.4 is 5.32 Å². The number of esters is 1. The minimum Gasteiger partial charge on any atom is -0.463 e. The Kier molecular flexibility index (Phi) is 7.43. The molecule has 0 aromatic rings. The van der Waals surface area contributed by atoms with Crippen LogP contribution in [0.3, 0.4) is 0 Å². The molecule has 2 N–H and O–H groups in total. The fraction of sp³-hybridized carbons (Fsp3) is 0.722. The number of rotatable bonds is 4. The van der Waals surface area contributed by atoms with E-state index in [9.17, 15) is 14.4 Å². The third kappa shape index (κ3) is 5.85. The fourth-order valence-corrected chi connectivity index (χ4v) is 3.25. The number of fused-ring (bicyclic) bond motifs is 1. The van der Waals surface area contributed by atoms with Crippen molar-refractivity contribution in [2.45, 2.75) is 57.5 Å². The molecule has 25 heavy (non-hydrogen) atoms. The minimum absolute atomic E-state index is 0.0597. The van der Waals surface area contributed by atoms with Crippen molar-refractivity contribution in [1.29, 1.82) is 0 Å². The molecule has 0 bridgehead atoms. The number of aliphatic hydroxyl groups excluding tert-OH is 1. The van der Waals surface area contributed by atoms with Gasteiger partial charge in [0, 0.05) is 25.4 Å². The van der Waals surface area contributed by atoms with Crippen molar-refractivity contribution in [1.82, 2.24) is 10.2 Å². The first-order valence-electron chi connectivity index (χ1n) is 9.02. The van der Waals surface area contributed by atoms with Gasteiger partial charge in [-0.05, 0) is 32.6 Å². The van der Waals surface area contributed by atoms with Crippen LogP contribution >= 0.6 is 0 Å². The van der Waals surface area contributed by atoms with Gasteiger partial charge in [-0.1, -0.05) is 12.2 Å². The topological polar surface area (TPSA) is 95.9 Å². The van der Waals surface area contributed by atoms with Gasteiger partial charge < -0.3 is 20.1 Å². The highest BCUT2D eigenvalue weighted by Gasteiger charge is 2.34. The van der Waals surface area contributed by atoms with Crippen LogP contribution in [0.15, 0.2) is 12.2 Å². The Hall–Kier alpha value is -1.89. The van der Waals surface area contributed by atoms with Crippen LogP contribution in [0, 0.1) is 5.92 Å². The van der Waals surface area contributed by atoms with E-state index < -0.39 is 5.92 Å². The number of carbonyl (C=O) groups is 3. The third-order valence-electron chi connectivity index (χ3n) is 4.66. The van der Waals surface area contributed by atoms with Crippen molar-refractivity contribution in [2.75, 3.05) is 19.8 Å². The molecule has 0 aromatic carbocycles. The highest BCUT2D eigenvalue weighted by Crippen LogP contribution is 2.24. The van der Waals surface area contributed by atoms with E-state index in [4.69, 9.17) is 9.84 Å². The molecule has 2 rings (SSSR count). The molecule has 2 heterocycles. The van der Waals surface area contributed by atoms with Crippen molar-refractivity contribution in [3.8, 4) is 0 Å². The number of carbonyl (C=O) groups excluding carboxylic acids is 3. The second kappa shape index (κ2) is 9.56. The van der Waals surface area contributed by atoms with Gasteiger partial charge in [0.1, 0.15) is 6.61 Å². The van der Waals surface area contributed by atoms with Crippen molar-refractivity contribution < 1.29 is 24.2 Å². The van der Waals surface area contributed by atoms with Gasteiger partial charge >= 0.3 is 5.97 Å². The lowest BCUT2D eigenvalue weighted by molar-refractivity contribution is -0.148. The largest absolute Gasteiger partial charge is 0.463 e. The van der Waals surface area contributed by atoms with Crippen molar-refractivity contribution in [3.05, 3.63) is 12.2 Å². The maximum absolute atomic E-state index is 12.9. The maximum atomic E-state index is 12.9. The van der Waals surface area contributed by atoms with Gasteiger partial charge in [0.25, 0.3) is 0 Å². The number of ether oxygens (including phenoxy) is 1. The van der Waals surface area contributed by atoms with E-state index in [-0.39, 0.29) is 49.5 Å². The number of aliphatic hydroxyl groups is 1. The molecule has 2 aliphatic rings. The molecular formula is C18H28N2O5. The monoisotopic (exact) mass is 352 g/mol. The number of hydrogen-bond acceptors (Lipinski definition) is 5. The average Bonchev–Trinajstić information content (AvgIpc) is 3.05. The number of nitrogens with zero attached hydrogens (tertiary/aromatic N) is 1. The summed E-state index contributed by atoms with van der Waals surface area (Å²) in [5, 5.41) is 11.7.